The highest BCUT2D eigenvalue weighted by atomic mass is 16.6. The molecule has 5 rings (SSSR count). The fraction of sp³-hybridized carbons (Fsp3) is 0.615. The third-order valence-electron chi connectivity index (χ3n) is 9.40. The van der Waals surface area contributed by atoms with Gasteiger partial charge < -0.3 is 10.2 Å². The summed E-state index contributed by atoms with van der Waals surface area (Å²) in [6.45, 7) is 4.69. The van der Waals surface area contributed by atoms with Crippen molar-refractivity contribution in [2.75, 3.05) is 0 Å². The van der Waals surface area contributed by atoms with Gasteiger partial charge in [-0.25, -0.2) is 0 Å². The Morgan fingerprint density at radius 2 is 1.81 bits per heavy atom. The molecule has 2 N–H and O–H groups in total. The lowest BCUT2D eigenvalue weighted by Gasteiger charge is -2.57. The van der Waals surface area contributed by atoms with Gasteiger partial charge in [-0.15, -0.1) is 0 Å². The number of hydrogen-bond acceptors (Lipinski definition) is 4. The quantitative estimate of drug-likeness (QED) is 0.385. The average Bonchev–Trinajstić information content (AvgIpc) is 2.99. The number of nitrogens with zero attached hydrogens (tertiary/aromatic N) is 1. The Morgan fingerprint density at radius 3 is 2.52 bits per heavy atom. The minimum atomic E-state index is -0.458. The van der Waals surface area contributed by atoms with E-state index in [2.05, 4.69) is 26.0 Å². The van der Waals surface area contributed by atoms with Crippen LogP contribution in [0.2, 0.25) is 0 Å². The summed E-state index contributed by atoms with van der Waals surface area (Å²) in [6, 6.07) is 6.61. The summed E-state index contributed by atoms with van der Waals surface area (Å²) in [6.07, 6.45) is 10.7. The van der Waals surface area contributed by atoms with E-state index in [1.54, 1.807) is 12.1 Å². The fourth-order valence-electron chi connectivity index (χ4n) is 7.55. The Balaban J connectivity index is 1.44. The van der Waals surface area contributed by atoms with Crippen LogP contribution in [-0.2, 0) is 0 Å². The normalized spacial score (nSPS) is 43.0. The van der Waals surface area contributed by atoms with E-state index in [1.807, 2.05) is 0 Å². The van der Waals surface area contributed by atoms with Gasteiger partial charge in [-0.3, -0.25) is 10.1 Å². The summed E-state index contributed by atoms with van der Waals surface area (Å²) in [5, 5.41) is 32.5. The Kier molecular flexibility index (Phi) is 4.91. The monoisotopic (exact) mass is 423 g/mol. The van der Waals surface area contributed by atoms with E-state index in [-0.39, 0.29) is 27.5 Å². The molecular weight excluding hydrogens is 390 g/mol. The van der Waals surface area contributed by atoms with E-state index in [1.165, 1.54) is 17.7 Å². The van der Waals surface area contributed by atoms with E-state index in [9.17, 15) is 20.3 Å². The maximum Gasteiger partial charge on any atom is 0.269 e. The van der Waals surface area contributed by atoms with Gasteiger partial charge in [0.1, 0.15) is 0 Å². The molecule has 0 unspecified atom stereocenters. The Bertz CT molecular complexity index is 951. The van der Waals surface area contributed by atoms with Crippen LogP contribution in [0.4, 0.5) is 5.69 Å². The Labute approximate surface area is 184 Å². The molecule has 31 heavy (non-hydrogen) atoms. The van der Waals surface area contributed by atoms with Crippen molar-refractivity contribution in [3.05, 3.63) is 57.2 Å². The summed E-state index contributed by atoms with van der Waals surface area (Å²) < 4.78 is 0. The first-order valence-electron chi connectivity index (χ1n) is 11.7. The Morgan fingerprint density at radius 1 is 1.06 bits per heavy atom. The van der Waals surface area contributed by atoms with Crippen LogP contribution in [0.15, 0.2) is 41.5 Å². The first kappa shape index (κ1) is 20.9. The zero-order valence-electron chi connectivity index (χ0n) is 18.5. The van der Waals surface area contributed by atoms with Crippen LogP contribution < -0.4 is 0 Å². The summed E-state index contributed by atoms with van der Waals surface area (Å²) in [4.78, 5) is 10.5. The number of non-ortho nitro benzene ring substituents is 1. The van der Waals surface area contributed by atoms with Crippen molar-refractivity contribution < 1.29 is 15.1 Å². The molecule has 3 fully saturated rings. The summed E-state index contributed by atoms with van der Waals surface area (Å²) in [5.74, 6) is 1.65. The van der Waals surface area contributed by atoms with Crippen LogP contribution in [0.3, 0.4) is 0 Å². The van der Waals surface area contributed by atoms with Crippen LogP contribution >= 0.6 is 0 Å². The van der Waals surface area contributed by atoms with Gasteiger partial charge in [-0.1, -0.05) is 31.6 Å². The zero-order chi connectivity index (χ0) is 22.0. The van der Waals surface area contributed by atoms with E-state index in [0.29, 0.717) is 17.8 Å². The van der Waals surface area contributed by atoms with Crippen LogP contribution in [0, 0.1) is 38.7 Å². The number of allylic oxidation sites excluding steroid dienone is 1. The number of hydrogen-bond donors (Lipinski definition) is 2. The molecule has 7 atom stereocenters. The molecule has 0 saturated heterocycles. The van der Waals surface area contributed by atoms with Crippen LogP contribution in [0.1, 0.15) is 64.4 Å². The maximum absolute atomic E-state index is 11.3. The smallest absolute Gasteiger partial charge is 0.269 e. The van der Waals surface area contributed by atoms with Crippen molar-refractivity contribution in [2.24, 2.45) is 28.6 Å². The van der Waals surface area contributed by atoms with Crippen LogP contribution in [0.5, 0.6) is 0 Å². The van der Waals surface area contributed by atoms with Gasteiger partial charge in [0, 0.05) is 17.5 Å². The summed E-state index contributed by atoms with van der Waals surface area (Å²) in [5.41, 5.74) is 3.63. The van der Waals surface area contributed by atoms with E-state index in [4.69, 9.17) is 0 Å². The zero-order valence-corrected chi connectivity index (χ0v) is 18.5. The molecule has 0 amide bonds. The average molecular weight is 424 g/mol. The second-order valence-corrected chi connectivity index (χ2v) is 10.9. The van der Waals surface area contributed by atoms with Crippen molar-refractivity contribution in [3.8, 4) is 0 Å². The highest BCUT2D eigenvalue weighted by Gasteiger charge is 2.59. The topological polar surface area (TPSA) is 83.6 Å². The molecule has 5 heteroatoms. The second-order valence-electron chi connectivity index (χ2n) is 10.9. The number of fused-ring (bicyclic) bond motifs is 5. The van der Waals surface area contributed by atoms with Gasteiger partial charge in [0.25, 0.3) is 5.69 Å². The molecule has 0 bridgehead atoms. The highest BCUT2D eigenvalue weighted by molar-refractivity contribution is 5.57. The van der Waals surface area contributed by atoms with Crippen molar-refractivity contribution in [1.82, 2.24) is 0 Å². The largest absolute Gasteiger partial charge is 0.393 e. The molecule has 1 aromatic rings. The lowest BCUT2D eigenvalue weighted by Crippen LogP contribution is -2.51. The molecule has 1 aromatic carbocycles. The predicted octanol–water partition coefficient (Wildman–Crippen LogP) is 5.27. The molecule has 5 nitrogen and oxygen atoms in total. The molecule has 0 aromatic heterocycles. The highest BCUT2D eigenvalue weighted by Crippen LogP contribution is 2.65. The molecule has 4 aliphatic carbocycles. The lowest BCUT2D eigenvalue weighted by atomic mass is 9.48. The summed E-state index contributed by atoms with van der Waals surface area (Å²) in [7, 11) is 0. The third-order valence-corrected chi connectivity index (χ3v) is 9.40. The summed E-state index contributed by atoms with van der Waals surface area (Å²) >= 11 is 0. The minimum absolute atomic E-state index is 0.0910. The van der Waals surface area contributed by atoms with Crippen molar-refractivity contribution in [1.29, 1.82) is 0 Å². The third kappa shape index (κ3) is 3.20. The van der Waals surface area contributed by atoms with E-state index in [0.717, 1.165) is 56.1 Å². The molecular formula is C26H33NO4. The molecule has 3 saturated carbocycles. The number of nitro benzene ring substituents is 1. The standard InChI is InChI=1S/C26H33NO4/c1-25-11-9-20(28)15-18(25)5-8-21-22(25)10-12-26(2)23(21)14-17(24(26)29)13-16-3-6-19(7-4-16)27(30)31/h3-7,13,20-24,28-29H,8-12,14-15H2,1-2H3/b17-13-/t20-,21-,22+,23+,24+,25-,26+/m0/s1. The minimum Gasteiger partial charge on any atom is -0.393 e. The van der Waals surface area contributed by atoms with E-state index >= 15 is 0 Å². The number of rotatable bonds is 2. The predicted molar refractivity (Wildman–Crippen MR) is 120 cm³/mol. The van der Waals surface area contributed by atoms with Crippen molar-refractivity contribution in [2.45, 2.75) is 71.0 Å². The van der Waals surface area contributed by atoms with Crippen molar-refractivity contribution in [3.63, 3.8) is 0 Å². The molecule has 0 heterocycles. The fourth-order valence-corrected chi connectivity index (χ4v) is 7.55. The second kappa shape index (κ2) is 7.28. The van der Waals surface area contributed by atoms with Gasteiger partial charge in [-0.2, -0.15) is 0 Å². The van der Waals surface area contributed by atoms with Gasteiger partial charge in [0.15, 0.2) is 0 Å². The SMILES string of the molecule is C[C@@]12CC[C@@H]3[C@H](CC=C4C[C@@H](O)CC[C@@]43C)[C@H]1C/C(=C/c1ccc([N+](=O)[O-])cc1)[C@H]2O. The van der Waals surface area contributed by atoms with E-state index < -0.39 is 6.10 Å². The van der Waals surface area contributed by atoms with Gasteiger partial charge in [-0.05, 0) is 91.4 Å². The first-order chi connectivity index (χ1) is 14.7. The van der Waals surface area contributed by atoms with Gasteiger partial charge in [0.2, 0.25) is 0 Å². The van der Waals surface area contributed by atoms with Crippen LogP contribution in [-0.4, -0.2) is 27.3 Å². The molecule has 0 aliphatic heterocycles. The number of benzene rings is 1. The lowest BCUT2D eigenvalue weighted by molar-refractivity contribution is -0.384. The first-order valence-corrected chi connectivity index (χ1v) is 11.7. The number of aliphatic hydroxyl groups excluding tert-OH is 2. The number of aliphatic hydroxyl groups is 2. The molecule has 4 aliphatic rings. The van der Waals surface area contributed by atoms with Crippen LogP contribution in [0.25, 0.3) is 6.08 Å². The molecule has 166 valence electrons. The van der Waals surface area contributed by atoms with Gasteiger partial charge in [0.05, 0.1) is 17.1 Å². The van der Waals surface area contributed by atoms with Crippen molar-refractivity contribution >= 4 is 11.8 Å². The maximum atomic E-state index is 11.3. The molecule has 0 spiro atoms. The Hall–Kier alpha value is -1.98. The molecule has 0 radical (unpaired) electrons. The van der Waals surface area contributed by atoms with Gasteiger partial charge >= 0.3 is 0 Å². The number of nitro groups is 1.